The Kier molecular flexibility index (Phi) is 151. The van der Waals surface area contributed by atoms with Gasteiger partial charge in [-0.2, -0.15) is 0 Å². The zero-order valence-corrected chi connectivity index (χ0v) is 6.01. The van der Waals surface area contributed by atoms with Gasteiger partial charge in [-0.25, -0.2) is 16.4 Å². The summed E-state index contributed by atoms with van der Waals surface area (Å²) in [4.78, 5) is 0. The largest absolute Gasteiger partial charge is 0.844 e. The van der Waals surface area contributed by atoms with Crippen LogP contribution in [0.2, 0.25) is 0 Å². The van der Waals surface area contributed by atoms with Crippen LogP contribution in [-0.2, 0) is 0 Å². The van der Waals surface area contributed by atoms with Crippen LogP contribution in [0.1, 0.15) is 0 Å². The summed E-state index contributed by atoms with van der Waals surface area (Å²) < 4.78 is 39.3. The van der Waals surface area contributed by atoms with Crippen LogP contribution in [0, 0.1) is 0 Å². The van der Waals surface area contributed by atoms with Gasteiger partial charge in [-0.05, 0) is 0 Å². The third-order valence-electron chi connectivity index (χ3n) is 0. The molecule has 0 aliphatic heterocycles. The second kappa shape index (κ2) is 22.6. The summed E-state index contributed by atoms with van der Waals surface area (Å²) in [5.74, 6) is 0. The lowest BCUT2D eigenvalue weighted by molar-refractivity contribution is 0.368. The van der Waals surface area contributed by atoms with Crippen LogP contribution >= 0.6 is 0 Å². The molecule has 0 aromatic rings. The van der Waals surface area contributed by atoms with Gasteiger partial charge >= 0.3 is 9.41 Å². The molecule has 0 radical (unpaired) electrons. The number of hydrogen-bond acceptors (Lipinski definition) is 0. The van der Waals surface area contributed by atoms with Gasteiger partial charge in [-0.3, -0.25) is 0 Å². The molecule has 11 heteroatoms. The molecule has 0 atom stereocenters. The van der Waals surface area contributed by atoms with Crippen molar-refractivity contribution in [2.45, 2.75) is 0 Å². The highest BCUT2D eigenvalue weighted by Crippen LogP contribution is 2.06. The maximum absolute atomic E-state index is 9.83. The minimum absolute atomic E-state index is 0. The Morgan fingerprint density at radius 3 is 0.455 bits per heavy atom. The van der Waals surface area contributed by atoms with Crippen LogP contribution in [0.5, 0.6) is 0 Å². The van der Waals surface area contributed by atoms with Gasteiger partial charge in [0.1, 0.15) is 0 Å². The molecule has 0 rings (SSSR count). The highest BCUT2D eigenvalue weighted by atomic mass is 28.5. The van der Waals surface area contributed by atoms with E-state index >= 15 is 0 Å². The Morgan fingerprint density at radius 2 is 0.455 bits per heavy atom. The molecule has 12 N–H and O–H groups in total. The first-order chi connectivity index (χ1) is 2.00. The Balaban J connectivity index is -0.00000000533. The minimum Gasteiger partial charge on any atom is -0.412 e. The lowest BCUT2D eigenvalue weighted by Crippen LogP contribution is -2.02. The van der Waals surface area contributed by atoms with E-state index in [1.54, 1.807) is 0 Å². The van der Waals surface area contributed by atoms with Crippen molar-refractivity contribution in [3.05, 3.63) is 0 Å². The summed E-state index contributed by atoms with van der Waals surface area (Å²) in [7, 11) is -6.61. The van der Waals surface area contributed by atoms with Crippen molar-refractivity contribution in [2.24, 2.45) is 0 Å². The molecule has 0 heterocycles. The zero-order valence-electron chi connectivity index (χ0n) is 5.01. The first-order valence-corrected chi connectivity index (χ1v) is 2.27. The topological polar surface area (TPSA) is 189 Å². The van der Waals surface area contributed by atoms with Crippen LogP contribution < -0.4 is 0 Å². The Labute approximate surface area is 60.0 Å². The van der Waals surface area contributed by atoms with Crippen molar-refractivity contribution in [2.75, 3.05) is 0 Å². The number of rotatable bonds is 0. The highest BCUT2D eigenvalue weighted by molar-refractivity contribution is 6.50. The molecule has 11 heavy (non-hydrogen) atoms. The average molecular weight is 212 g/mol. The first kappa shape index (κ1) is 73.6. The van der Waals surface area contributed by atoms with Gasteiger partial charge in [-0.15, -0.1) is 0 Å². The molecule has 0 saturated carbocycles. The van der Waals surface area contributed by atoms with E-state index in [2.05, 4.69) is 0 Å². The van der Waals surface area contributed by atoms with Gasteiger partial charge in [0.15, 0.2) is 0 Å². The molecular formula is H12F4O6Si. The molecule has 80 valence electrons. The smallest absolute Gasteiger partial charge is 0.412 e. The molecule has 0 fully saturated rings. The van der Waals surface area contributed by atoms with E-state index in [4.69, 9.17) is 0 Å². The lowest BCUT2D eigenvalue weighted by atomic mass is 16.0. The molecule has 0 spiro atoms. The summed E-state index contributed by atoms with van der Waals surface area (Å²) in [5.41, 5.74) is 0. The highest BCUT2D eigenvalue weighted by Gasteiger charge is 2.39. The first-order valence-electron chi connectivity index (χ1n) is 0.756. The van der Waals surface area contributed by atoms with Crippen LogP contribution in [0.4, 0.5) is 16.4 Å². The van der Waals surface area contributed by atoms with Crippen LogP contribution in [0.15, 0.2) is 0 Å². The molecule has 0 saturated heterocycles. The monoisotopic (exact) mass is 212 g/mol. The molecule has 0 aliphatic carbocycles. The molecule has 6 nitrogen and oxygen atoms in total. The molecule has 0 aromatic heterocycles. The van der Waals surface area contributed by atoms with E-state index < -0.39 is 9.41 Å². The number of hydrogen-bond donors (Lipinski definition) is 0. The van der Waals surface area contributed by atoms with Crippen molar-refractivity contribution in [1.82, 2.24) is 0 Å². The van der Waals surface area contributed by atoms with Gasteiger partial charge in [0.25, 0.3) is 0 Å². The zero-order chi connectivity index (χ0) is 4.50. The summed E-state index contributed by atoms with van der Waals surface area (Å²) in [6, 6.07) is 0. The second-order valence-electron chi connectivity index (χ2n) is 0.429. The minimum atomic E-state index is -6.61. The van der Waals surface area contributed by atoms with Crippen molar-refractivity contribution in [3.63, 3.8) is 0 Å². The Hall–Kier alpha value is -0.303. The predicted octanol–water partition coefficient (Wildman–Crippen LogP) is -3.65. The van der Waals surface area contributed by atoms with Gasteiger partial charge in [0.2, 0.25) is 0 Å². The summed E-state index contributed by atoms with van der Waals surface area (Å²) in [6.45, 7) is 0. The maximum Gasteiger partial charge on any atom is 0.844 e. The summed E-state index contributed by atoms with van der Waals surface area (Å²) >= 11 is 0. The third-order valence-corrected chi connectivity index (χ3v) is 0. The summed E-state index contributed by atoms with van der Waals surface area (Å²) in [5, 5.41) is 0. The second-order valence-corrected chi connectivity index (χ2v) is 1.29. The molecule has 0 amide bonds. The predicted molar refractivity (Wildman–Crippen MR) is 31.9 cm³/mol. The fraction of sp³-hybridized carbons (Fsp3) is 0. The fourth-order valence-corrected chi connectivity index (χ4v) is 0. The van der Waals surface area contributed by atoms with Crippen LogP contribution in [0.25, 0.3) is 0 Å². The van der Waals surface area contributed by atoms with Crippen molar-refractivity contribution >= 4 is 9.41 Å². The Morgan fingerprint density at radius 1 is 0.455 bits per heavy atom. The van der Waals surface area contributed by atoms with E-state index in [-0.39, 0.29) is 32.9 Å². The molecule has 0 unspecified atom stereocenters. The van der Waals surface area contributed by atoms with Gasteiger partial charge < -0.3 is 32.9 Å². The van der Waals surface area contributed by atoms with E-state index in [0.29, 0.717) is 0 Å². The van der Waals surface area contributed by atoms with Crippen LogP contribution in [0.3, 0.4) is 0 Å². The van der Waals surface area contributed by atoms with Gasteiger partial charge in [0.05, 0.1) is 0 Å². The lowest BCUT2D eigenvalue weighted by Gasteiger charge is -1.75. The van der Waals surface area contributed by atoms with Crippen molar-refractivity contribution in [3.8, 4) is 0 Å². The standard InChI is InChI=1S/F4Si.6H2O/c1-5(2,3)4;;;;;;/h;6*1H2. The van der Waals surface area contributed by atoms with Crippen LogP contribution in [-0.4, -0.2) is 42.3 Å². The average Bonchev–Trinajstić information content (AvgIpc) is 0.722. The molecule has 0 bridgehead atoms. The van der Waals surface area contributed by atoms with E-state index in [0.717, 1.165) is 0 Å². The van der Waals surface area contributed by atoms with Gasteiger partial charge in [0, 0.05) is 0 Å². The van der Waals surface area contributed by atoms with E-state index in [1.165, 1.54) is 0 Å². The quantitative estimate of drug-likeness (QED) is 0.217. The molecule has 0 aliphatic rings. The number of halogens is 4. The van der Waals surface area contributed by atoms with Crippen molar-refractivity contribution in [1.29, 1.82) is 0 Å². The van der Waals surface area contributed by atoms with E-state index in [1.807, 2.05) is 0 Å². The molecule has 0 aromatic carbocycles. The van der Waals surface area contributed by atoms with Crippen molar-refractivity contribution < 1.29 is 49.3 Å². The van der Waals surface area contributed by atoms with Gasteiger partial charge in [-0.1, -0.05) is 0 Å². The third kappa shape index (κ3) is 6250. The maximum atomic E-state index is 9.83. The molecular weight excluding hydrogens is 200 g/mol. The fourth-order valence-electron chi connectivity index (χ4n) is 0. The summed E-state index contributed by atoms with van der Waals surface area (Å²) in [6.07, 6.45) is 0. The normalized spacial score (nSPS) is 5.45. The Bertz CT molecular complexity index is 30.1. The van der Waals surface area contributed by atoms with E-state index in [9.17, 15) is 16.4 Å². The SMILES string of the molecule is F[Si](F)(F)F.O.O.O.O.O.O.